The Labute approximate surface area is 109 Å². The first kappa shape index (κ1) is 12.5. The molecule has 5 heteroatoms. The molecule has 0 amide bonds. The zero-order valence-corrected chi connectivity index (χ0v) is 12.0. The minimum Gasteiger partial charge on any atom is -0.323 e. The van der Waals surface area contributed by atoms with E-state index in [9.17, 15) is 4.79 Å². The summed E-state index contributed by atoms with van der Waals surface area (Å²) >= 11 is 6.80. The molecular weight excluding hydrogens is 252 g/mol. The normalized spacial score (nSPS) is 14.1. The highest BCUT2D eigenvalue weighted by atomic mass is 32.1. The minimum absolute atomic E-state index is 0.00503. The van der Waals surface area contributed by atoms with Gasteiger partial charge in [0.1, 0.15) is 4.83 Å². The molecule has 0 fully saturated rings. The van der Waals surface area contributed by atoms with Gasteiger partial charge in [0.05, 0.1) is 5.39 Å². The second kappa shape index (κ2) is 4.07. The SMILES string of the molecule is CC(n1c(=S)[nH]c2sccc2c1=O)C(C)(C)C. The summed E-state index contributed by atoms with van der Waals surface area (Å²) in [6.07, 6.45) is 0. The lowest BCUT2D eigenvalue weighted by molar-refractivity contribution is 0.254. The molecule has 17 heavy (non-hydrogen) atoms. The van der Waals surface area contributed by atoms with Gasteiger partial charge in [0.2, 0.25) is 0 Å². The Morgan fingerprint density at radius 3 is 2.71 bits per heavy atom. The van der Waals surface area contributed by atoms with Crippen molar-refractivity contribution in [3.05, 3.63) is 26.6 Å². The smallest absolute Gasteiger partial charge is 0.263 e. The maximum atomic E-state index is 12.4. The maximum absolute atomic E-state index is 12.4. The number of hydrogen-bond acceptors (Lipinski definition) is 3. The van der Waals surface area contributed by atoms with E-state index in [1.807, 2.05) is 18.4 Å². The highest BCUT2D eigenvalue weighted by Crippen LogP contribution is 2.29. The van der Waals surface area contributed by atoms with Gasteiger partial charge in [-0.3, -0.25) is 9.36 Å². The quantitative estimate of drug-likeness (QED) is 0.800. The molecule has 0 radical (unpaired) electrons. The molecule has 2 aromatic heterocycles. The summed E-state index contributed by atoms with van der Waals surface area (Å²) in [5.41, 5.74) is 0.00184. The first-order valence-electron chi connectivity index (χ1n) is 5.54. The molecule has 0 spiro atoms. The molecule has 1 atom stereocenters. The molecule has 2 rings (SSSR count). The molecule has 0 bridgehead atoms. The van der Waals surface area contributed by atoms with Crippen LogP contribution in [-0.2, 0) is 0 Å². The fourth-order valence-corrected chi connectivity index (χ4v) is 2.88. The van der Waals surface area contributed by atoms with Gasteiger partial charge in [-0.25, -0.2) is 0 Å². The van der Waals surface area contributed by atoms with E-state index in [-0.39, 0.29) is 17.0 Å². The molecular formula is C12H16N2OS2. The maximum Gasteiger partial charge on any atom is 0.263 e. The minimum atomic E-state index is -0.00503. The molecule has 0 aliphatic rings. The van der Waals surface area contributed by atoms with Crippen LogP contribution in [0.1, 0.15) is 33.7 Å². The predicted molar refractivity (Wildman–Crippen MR) is 75.4 cm³/mol. The number of aromatic nitrogens is 2. The predicted octanol–water partition coefficient (Wildman–Crippen LogP) is 3.73. The summed E-state index contributed by atoms with van der Waals surface area (Å²) in [7, 11) is 0. The molecule has 0 aromatic carbocycles. The summed E-state index contributed by atoms with van der Waals surface area (Å²) in [5.74, 6) is 0. The molecule has 3 nitrogen and oxygen atoms in total. The molecule has 0 aliphatic carbocycles. The average Bonchev–Trinajstić information content (AvgIpc) is 2.64. The summed E-state index contributed by atoms with van der Waals surface area (Å²) in [6, 6.07) is 1.91. The van der Waals surface area contributed by atoms with E-state index >= 15 is 0 Å². The molecule has 0 saturated carbocycles. The largest absolute Gasteiger partial charge is 0.323 e. The van der Waals surface area contributed by atoms with Crippen LogP contribution < -0.4 is 5.56 Å². The van der Waals surface area contributed by atoms with Crippen LogP contribution in [0.5, 0.6) is 0 Å². The lowest BCUT2D eigenvalue weighted by Gasteiger charge is -2.28. The molecule has 2 aromatic rings. The summed E-state index contributed by atoms with van der Waals surface area (Å²) in [6.45, 7) is 8.35. The van der Waals surface area contributed by atoms with Crippen LogP contribution in [0.4, 0.5) is 0 Å². The lowest BCUT2D eigenvalue weighted by atomic mass is 9.88. The van der Waals surface area contributed by atoms with Gasteiger partial charge in [-0.1, -0.05) is 20.8 Å². The van der Waals surface area contributed by atoms with E-state index in [1.54, 1.807) is 4.57 Å². The van der Waals surface area contributed by atoms with Crippen molar-refractivity contribution < 1.29 is 0 Å². The second-order valence-corrected chi connectivity index (χ2v) is 6.61. The molecule has 1 unspecified atom stereocenters. The highest BCUT2D eigenvalue weighted by molar-refractivity contribution is 7.71. The first-order chi connectivity index (χ1) is 7.82. The van der Waals surface area contributed by atoms with Gasteiger partial charge in [-0.05, 0) is 36.0 Å². The van der Waals surface area contributed by atoms with Gasteiger partial charge in [0.25, 0.3) is 5.56 Å². The molecule has 0 aliphatic heterocycles. The Morgan fingerprint density at radius 1 is 1.47 bits per heavy atom. The monoisotopic (exact) mass is 268 g/mol. The standard InChI is InChI=1S/C12H16N2OS2/c1-7(12(2,3)4)14-10(15)8-5-6-17-9(8)13-11(14)16/h5-7H,1-4H3,(H,13,16). The fourth-order valence-electron chi connectivity index (χ4n) is 1.69. The van der Waals surface area contributed by atoms with E-state index in [0.717, 1.165) is 10.2 Å². The molecule has 92 valence electrons. The van der Waals surface area contributed by atoms with Gasteiger partial charge in [0, 0.05) is 6.04 Å². The number of H-pyrrole nitrogens is 1. The van der Waals surface area contributed by atoms with E-state index < -0.39 is 0 Å². The van der Waals surface area contributed by atoms with Crippen molar-refractivity contribution in [3.8, 4) is 0 Å². The van der Waals surface area contributed by atoms with Crippen molar-refractivity contribution in [1.82, 2.24) is 9.55 Å². The highest BCUT2D eigenvalue weighted by Gasteiger charge is 2.24. The van der Waals surface area contributed by atoms with E-state index in [4.69, 9.17) is 12.2 Å². The number of nitrogens with zero attached hydrogens (tertiary/aromatic N) is 1. The Hall–Kier alpha value is -0.940. The number of hydrogen-bond donors (Lipinski definition) is 1. The first-order valence-corrected chi connectivity index (χ1v) is 6.83. The number of aromatic amines is 1. The van der Waals surface area contributed by atoms with E-state index in [0.29, 0.717) is 4.77 Å². The molecule has 0 saturated heterocycles. The second-order valence-electron chi connectivity index (χ2n) is 5.31. The van der Waals surface area contributed by atoms with Crippen molar-refractivity contribution in [3.63, 3.8) is 0 Å². The van der Waals surface area contributed by atoms with Crippen LogP contribution in [0.25, 0.3) is 10.2 Å². The van der Waals surface area contributed by atoms with Crippen molar-refractivity contribution in [2.24, 2.45) is 5.41 Å². The van der Waals surface area contributed by atoms with Crippen molar-refractivity contribution in [1.29, 1.82) is 0 Å². The average molecular weight is 268 g/mol. The fraction of sp³-hybridized carbons (Fsp3) is 0.500. The lowest BCUT2D eigenvalue weighted by Crippen LogP contribution is -2.31. The Balaban J connectivity index is 2.78. The van der Waals surface area contributed by atoms with Gasteiger partial charge < -0.3 is 4.98 Å². The van der Waals surface area contributed by atoms with Crippen LogP contribution in [0.15, 0.2) is 16.2 Å². The summed E-state index contributed by atoms with van der Waals surface area (Å²) in [4.78, 5) is 16.4. The molecule has 1 N–H and O–H groups in total. The Kier molecular flexibility index (Phi) is 2.99. The third kappa shape index (κ3) is 2.09. The zero-order valence-electron chi connectivity index (χ0n) is 10.4. The molecule has 2 heterocycles. The number of thiophene rings is 1. The van der Waals surface area contributed by atoms with Gasteiger partial charge in [-0.15, -0.1) is 11.3 Å². The Morgan fingerprint density at radius 2 is 2.12 bits per heavy atom. The van der Waals surface area contributed by atoms with Crippen molar-refractivity contribution >= 4 is 33.8 Å². The third-order valence-electron chi connectivity index (χ3n) is 3.19. The summed E-state index contributed by atoms with van der Waals surface area (Å²) < 4.78 is 2.19. The van der Waals surface area contributed by atoms with Gasteiger partial charge in [-0.2, -0.15) is 0 Å². The number of fused-ring (bicyclic) bond motifs is 1. The number of rotatable bonds is 1. The topological polar surface area (TPSA) is 37.8 Å². The zero-order chi connectivity index (χ0) is 12.8. The van der Waals surface area contributed by atoms with Gasteiger partial charge >= 0.3 is 0 Å². The van der Waals surface area contributed by atoms with Crippen LogP contribution >= 0.6 is 23.6 Å². The van der Waals surface area contributed by atoms with E-state index in [1.165, 1.54) is 11.3 Å². The van der Waals surface area contributed by atoms with Gasteiger partial charge in [0.15, 0.2) is 4.77 Å². The van der Waals surface area contributed by atoms with Crippen molar-refractivity contribution in [2.75, 3.05) is 0 Å². The number of nitrogens with one attached hydrogen (secondary N) is 1. The summed E-state index contributed by atoms with van der Waals surface area (Å²) in [5, 5.41) is 2.63. The van der Waals surface area contributed by atoms with Crippen molar-refractivity contribution in [2.45, 2.75) is 33.7 Å². The van der Waals surface area contributed by atoms with Crippen LogP contribution in [-0.4, -0.2) is 9.55 Å². The van der Waals surface area contributed by atoms with Crippen LogP contribution in [0.3, 0.4) is 0 Å². The van der Waals surface area contributed by atoms with Crippen LogP contribution in [0, 0.1) is 10.2 Å². The third-order valence-corrected chi connectivity index (χ3v) is 4.32. The van der Waals surface area contributed by atoms with E-state index in [2.05, 4.69) is 25.8 Å². The Bertz CT molecular complexity index is 657. The van der Waals surface area contributed by atoms with Crippen LogP contribution in [0.2, 0.25) is 0 Å².